The molecule has 0 atom stereocenters. The van der Waals surface area contributed by atoms with Crippen LogP contribution < -0.4 is 5.32 Å². The third-order valence-electron chi connectivity index (χ3n) is 4.94. The minimum atomic E-state index is -0.319. The summed E-state index contributed by atoms with van der Waals surface area (Å²) in [6.45, 7) is 7.57. The Balaban J connectivity index is 1.52. The van der Waals surface area contributed by atoms with E-state index in [-0.39, 0.29) is 28.5 Å². The fraction of sp³-hybridized carbons (Fsp3) is 0. The van der Waals surface area contributed by atoms with E-state index >= 15 is 0 Å². The van der Waals surface area contributed by atoms with Gasteiger partial charge in [0.2, 0.25) is 11.6 Å². The van der Waals surface area contributed by atoms with E-state index in [4.69, 9.17) is 0 Å². The summed E-state index contributed by atoms with van der Waals surface area (Å²) < 4.78 is 0. The van der Waals surface area contributed by atoms with E-state index in [1.807, 2.05) is 54.6 Å². The maximum atomic E-state index is 12.6. The Hall–Kier alpha value is -4.38. The smallest absolute Gasteiger partial charge is 0.213 e. The molecule has 1 aliphatic rings. The highest BCUT2D eigenvalue weighted by atomic mass is 16.1. The topological polar surface area (TPSA) is 72.0 Å². The van der Waals surface area contributed by atoms with E-state index in [0.717, 1.165) is 22.3 Å². The van der Waals surface area contributed by atoms with Gasteiger partial charge in [-0.05, 0) is 34.4 Å². The number of Topliss-reactive ketones (excluding diaryl/α,β-unsaturated/α-hetero) is 1. The first-order valence-corrected chi connectivity index (χ1v) is 9.64. The first-order chi connectivity index (χ1) is 15.1. The quantitative estimate of drug-likeness (QED) is 0.566. The van der Waals surface area contributed by atoms with Gasteiger partial charge in [0.15, 0.2) is 0 Å². The average molecular weight is 405 g/mol. The van der Waals surface area contributed by atoms with Gasteiger partial charge >= 0.3 is 0 Å². The third kappa shape index (κ3) is 4.02. The lowest BCUT2D eigenvalue weighted by atomic mass is 9.98. The van der Waals surface area contributed by atoms with Gasteiger partial charge in [0.05, 0.1) is 11.3 Å². The maximum absolute atomic E-state index is 12.6. The fourth-order valence-electron chi connectivity index (χ4n) is 3.36. The van der Waals surface area contributed by atoms with Crippen molar-refractivity contribution in [3.8, 4) is 11.1 Å². The van der Waals surface area contributed by atoms with Crippen molar-refractivity contribution in [2.75, 3.05) is 5.32 Å². The van der Waals surface area contributed by atoms with Gasteiger partial charge in [-0.2, -0.15) is 0 Å². The third-order valence-corrected chi connectivity index (χ3v) is 4.94. The molecule has 0 amide bonds. The molecule has 0 saturated heterocycles. The van der Waals surface area contributed by atoms with Gasteiger partial charge in [0.1, 0.15) is 12.0 Å². The van der Waals surface area contributed by atoms with Crippen LogP contribution in [0.5, 0.6) is 0 Å². The van der Waals surface area contributed by atoms with Gasteiger partial charge in [0.25, 0.3) is 0 Å². The molecule has 3 aromatic rings. The van der Waals surface area contributed by atoms with Crippen LogP contribution in [-0.4, -0.2) is 21.5 Å². The number of carbonyl (C=O) groups is 2. The molecule has 31 heavy (non-hydrogen) atoms. The van der Waals surface area contributed by atoms with Crippen molar-refractivity contribution >= 4 is 22.8 Å². The van der Waals surface area contributed by atoms with Crippen molar-refractivity contribution in [2.24, 2.45) is 0 Å². The van der Waals surface area contributed by atoms with Crippen molar-refractivity contribution in [2.45, 2.75) is 0 Å². The minimum absolute atomic E-state index is 0.131. The van der Waals surface area contributed by atoms with Gasteiger partial charge in [-0.15, -0.1) is 0 Å². The lowest BCUT2D eigenvalue weighted by Gasteiger charge is -2.15. The van der Waals surface area contributed by atoms with Crippen LogP contribution in [0.2, 0.25) is 0 Å². The van der Waals surface area contributed by atoms with Crippen molar-refractivity contribution in [1.29, 1.82) is 0 Å². The zero-order chi connectivity index (χ0) is 21.8. The van der Waals surface area contributed by atoms with Crippen LogP contribution in [0.3, 0.4) is 0 Å². The van der Waals surface area contributed by atoms with Crippen molar-refractivity contribution in [1.82, 2.24) is 9.97 Å². The van der Waals surface area contributed by atoms with Crippen LogP contribution in [0.1, 0.15) is 26.4 Å². The molecule has 5 nitrogen and oxygen atoms in total. The molecule has 150 valence electrons. The molecular weight excluding hydrogens is 386 g/mol. The first-order valence-electron chi connectivity index (χ1n) is 9.64. The van der Waals surface area contributed by atoms with E-state index < -0.39 is 0 Å². The van der Waals surface area contributed by atoms with Crippen LogP contribution in [0.15, 0.2) is 104 Å². The Morgan fingerprint density at radius 1 is 0.935 bits per heavy atom. The number of aromatic nitrogens is 2. The summed E-state index contributed by atoms with van der Waals surface area (Å²) in [5.41, 5.74) is 5.41. The van der Waals surface area contributed by atoms with Gasteiger partial charge in [-0.3, -0.25) is 9.59 Å². The molecule has 0 aliphatic heterocycles. The lowest BCUT2D eigenvalue weighted by Crippen LogP contribution is -2.22. The zero-order valence-corrected chi connectivity index (χ0v) is 16.7. The molecule has 2 aromatic carbocycles. The van der Waals surface area contributed by atoms with Crippen LogP contribution in [-0.2, 0) is 0 Å². The van der Waals surface area contributed by atoms with Crippen molar-refractivity contribution < 1.29 is 9.59 Å². The molecule has 0 bridgehead atoms. The highest BCUT2D eigenvalue weighted by molar-refractivity contribution is 6.24. The van der Waals surface area contributed by atoms with Crippen molar-refractivity contribution in [3.05, 3.63) is 121 Å². The number of carbonyl (C=O) groups excluding carboxylic acids is 2. The molecule has 0 fully saturated rings. The number of hydrogen-bond acceptors (Lipinski definition) is 5. The second-order valence-corrected chi connectivity index (χ2v) is 6.88. The lowest BCUT2D eigenvalue weighted by molar-refractivity contribution is 0.0981. The summed E-state index contributed by atoms with van der Waals surface area (Å²) in [7, 11) is 0. The zero-order valence-electron chi connectivity index (χ0n) is 16.7. The first kappa shape index (κ1) is 19.9. The largest absolute Gasteiger partial charge is 0.352 e. The van der Waals surface area contributed by atoms with Gasteiger partial charge in [-0.1, -0.05) is 67.8 Å². The van der Waals surface area contributed by atoms with Crippen LogP contribution >= 0.6 is 0 Å². The number of benzene rings is 2. The molecule has 1 N–H and O–H groups in total. The molecule has 0 radical (unpaired) electrons. The summed E-state index contributed by atoms with van der Waals surface area (Å²) in [6.07, 6.45) is 9.36. The minimum Gasteiger partial charge on any atom is -0.352 e. The van der Waals surface area contributed by atoms with E-state index in [9.17, 15) is 9.59 Å². The van der Waals surface area contributed by atoms with E-state index in [0.29, 0.717) is 5.69 Å². The number of fused-ring (bicyclic) bond motifs is 1. The Bertz CT molecular complexity index is 1250. The highest BCUT2D eigenvalue weighted by Crippen LogP contribution is 2.26. The number of hydrogen-bond donors (Lipinski definition) is 1. The maximum Gasteiger partial charge on any atom is 0.213 e. The summed E-state index contributed by atoms with van der Waals surface area (Å²) in [6, 6.07) is 15.8. The predicted octanol–water partition coefficient (Wildman–Crippen LogP) is 5.27. The number of nitrogens with zero attached hydrogens (tertiary/aromatic N) is 2. The molecule has 5 heteroatoms. The van der Waals surface area contributed by atoms with Crippen LogP contribution in [0, 0.1) is 0 Å². The predicted molar refractivity (Wildman–Crippen MR) is 123 cm³/mol. The molecular formula is C26H19N3O2. The second-order valence-electron chi connectivity index (χ2n) is 6.88. The standard InChI is InChI=1S/C26H19N3O2/c1-3-5-17(4-2)18-6-8-19(9-7-18)20-10-12-21(13-11-20)29-23-14-24(30)25-22(26(23)31)15-27-16-28-25/h3-16,29H,1-2H2/b17-5+. The molecule has 0 saturated carbocycles. The molecule has 0 unspecified atom stereocenters. The molecule has 1 aliphatic carbocycles. The summed E-state index contributed by atoms with van der Waals surface area (Å²) in [5.74, 6) is -0.624. The summed E-state index contributed by atoms with van der Waals surface area (Å²) in [4.78, 5) is 32.6. The summed E-state index contributed by atoms with van der Waals surface area (Å²) in [5, 5.41) is 3.03. The van der Waals surface area contributed by atoms with Crippen LogP contribution in [0.25, 0.3) is 16.7 Å². The monoisotopic (exact) mass is 405 g/mol. The molecule has 4 rings (SSSR count). The SMILES string of the molecule is C=C/C=C(\C=C)c1ccc(-c2ccc(NC3=CC(=O)c4ncncc4C3=O)cc2)cc1. The van der Waals surface area contributed by atoms with Gasteiger partial charge in [0, 0.05) is 18.0 Å². The second kappa shape index (κ2) is 8.55. The van der Waals surface area contributed by atoms with E-state index in [1.165, 1.54) is 18.6 Å². The number of anilines is 1. The van der Waals surface area contributed by atoms with Crippen molar-refractivity contribution in [3.63, 3.8) is 0 Å². The van der Waals surface area contributed by atoms with Gasteiger partial charge < -0.3 is 5.32 Å². The van der Waals surface area contributed by atoms with Crippen LogP contribution in [0.4, 0.5) is 5.69 Å². The Labute approximate surface area is 180 Å². The highest BCUT2D eigenvalue weighted by Gasteiger charge is 2.27. The normalized spacial score (nSPS) is 13.3. The molecule has 0 spiro atoms. The number of rotatable bonds is 6. The Morgan fingerprint density at radius 3 is 2.26 bits per heavy atom. The average Bonchev–Trinajstić information content (AvgIpc) is 2.81. The number of ketones is 2. The number of nitrogens with one attached hydrogen (secondary N) is 1. The molecule has 1 aromatic heterocycles. The summed E-state index contributed by atoms with van der Waals surface area (Å²) >= 11 is 0. The van der Waals surface area contributed by atoms with Gasteiger partial charge in [-0.25, -0.2) is 9.97 Å². The Morgan fingerprint density at radius 2 is 1.61 bits per heavy atom. The molecule has 1 heterocycles. The fourth-order valence-corrected chi connectivity index (χ4v) is 3.36. The van der Waals surface area contributed by atoms with E-state index in [1.54, 1.807) is 12.2 Å². The number of allylic oxidation sites excluding steroid dienone is 6. The Kier molecular flexibility index (Phi) is 5.49. The van der Waals surface area contributed by atoms with E-state index in [2.05, 4.69) is 28.4 Å².